The lowest BCUT2D eigenvalue weighted by atomic mass is 10.1. The lowest BCUT2D eigenvalue weighted by molar-refractivity contribution is -0.129. The molecule has 1 N–H and O–H groups in total. The molecule has 0 bridgehead atoms. The average molecular weight is 346 g/mol. The summed E-state index contributed by atoms with van der Waals surface area (Å²) < 4.78 is 10.9. The summed E-state index contributed by atoms with van der Waals surface area (Å²) in [7, 11) is 1.65. The molecule has 6 nitrogen and oxygen atoms in total. The van der Waals surface area contributed by atoms with E-state index in [9.17, 15) is 9.59 Å². The highest BCUT2D eigenvalue weighted by Crippen LogP contribution is 2.22. The van der Waals surface area contributed by atoms with Gasteiger partial charge in [-0.3, -0.25) is 9.59 Å². The molecule has 1 aromatic rings. The number of rotatable bonds is 7. The van der Waals surface area contributed by atoms with Crippen LogP contribution < -0.4 is 10.1 Å². The molecule has 3 rings (SSSR count). The number of carbonyl (C=O) groups excluding carboxylic acids is 2. The number of likely N-dealkylation sites (tertiary alicyclic amines) is 1. The monoisotopic (exact) mass is 346 g/mol. The lowest BCUT2D eigenvalue weighted by Gasteiger charge is -2.18. The van der Waals surface area contributed by atoms with Gasteiger partial charge in [-0.05, 0) is 30.9 Å². The molecule has 2 atom stereocenters. The Bertz CT molecular complexity index is 613. The summed E-state index contributed by atoms with van der Waals surface area (Å²) in [5, 5.41) is 2.94. The van der Waals surface area contributed by atoms with Crippen LogP contribution in [0.4, 0.5) is 0 Å². The summed E-state index contributed by atoms with van der Waals surface area (Å²) in [5.41, 5.74) is 1.07. The summed E-state index contributed by atoms with van der Waals surface area (Å²) in [4.78, 5) is 26.3. The Hall–Kier alpha value is -2.08. The maximum Gasteiger partial charge on any atom is 0.225 e. The van der Waals surface area contributed by atoms with E-state index in [1.54, 1.807) is 12.0 Å². The molecule has 25 heavy (non-hydrogen) atoms. The van der Waals surface area contributed by atoms with Gasteiger partial charge in [-0.25, -0.2) is 0 Å². The van der Waals surface area contributed by atoms with Crippen LogP contribution in [0.3, 0.4) is 0 Å². The minimum absolute atomic E-state index is 0.0383. The second kappa shape index (κ2) is 8.34. The molecule has 2 unspecified atom stereocenters. The topological polar surface area (TPSA) is 67.9 Å². The predicted molar refractivity (Wildman–Crippen MR) is 93.4 cm³/mol. The Morgan fingerprint density at radius 2 is 2.24 bits per heavy atom. The van der Waals surface area contributed by atoms with Crippen LogP contribution >= 0.6 is 0 Å². The van der Waals surface area contributed by atoms with Gasteiger partial charge in [0.05, 0.1) is 19.1 Å². The number of nitrogens with one attached hydrogen (secondary N) is 1. The fraction of sp³-hybridized carbons (Fsp3) is 0.579. The summed E-state index contributed by atoms with van der Waals surface area (Å²) in [6, 6.07) is 7.82. The van der Waals surface area contributed by atoms with Gasteiger partial charge >= 0.3 is 0 Å². The van der Waals surface area contributed by atoms with Crippen LogP contribution in [0.25, 0.3) is 0 Å². The number of methoxy groups -OCH3 is 1. The first kappa shape index (κ1) is 17.7. The highest BCUT2D eigenvalue weighted by Gasteiger charge is 2.34. The first-order chi connectivity index (χ1) is 12.2. The molecule has 2 amide bonds. The number of nitrogens with zero attached hydrogens (tertiary/aromatic N) is 1. The van der Waals surface area contributed by atoms with E-state index in [1.807, 2.05) is 24.3 Å². The van der Waals surface area contributed by atoms with E-state index >= 15 is 0 Å². The first-order valence-electron chi connectivity index (χ1n) is 8.96. The van der Waals surface area contributed by atoms with Crippen molar-refractivity contribution in [3.05, 3.63) is 29.8 Å². The number of para-hydroxylation sites is 1. The van der Waals surface area contributed by atoms with E-state index in [0.717, 1.165) is 37.2 Å². The molecular weight excluding hydrogens is 320 g/mol. The normalized spacial score (nSPS) is 23.1. The van der Waals surface area contributed by atoms with E-state index in [4.69, 9.17) is 9.47 Å². The molecular formula is C19H26N2O4. The zero-order valence-electron chi connectivity index (χ0n) is 14.7. The van der Waals surface area contributed by atoms with E-state index in [1.165, 1.54) is 0 Å². The Morgan fingerprint density at radius 1 is 1.40 bits per heavy atom. The highest BCUT2D eigenvalue weighted by atomic mass is 16.5. The molecule has 2 aliphatic rings. The van der Waals surface area contributed by atoms with Crippen LogP contribution in [-0.4, -0.2) is 56.2 Å². The third-order valence-corrected chi connectivity index (χ3v) is 4.96. The second-order valence-electron chi connectivity index (χ2n) is 6.68. The van der Waals surface area contributed by atoms with Crippen molar-refractivity contribution in [2.45, 2.75) is 31.8 Å². The van der Waals surface area contributed by atoms with Gasteiger partial charge in [0.15, 0.2) is 0 Å². The van der Waals surface area contributed by atoms with Gasteiger partial charge in [0.2, 0.25) is 11.8 Å². The highest BCUT2D eigenvalue weighted by molar-refractivity contribution is 5.89. The third kappa shape index (κ3) is 4.51. The Balaban J connectivity index is 1.47. The van der Waals surface area contributed by atoms with Gasteiger partial charge in [-0.1, -0.05) is 18.2 Å². The van der Waals surface area contributed by atoms with Gasteiger partial charge in [-0.15, -0.1) is 0 Å². The van der Waals surface area contributed by atoms with Gasteiger partial charge < -0.3 is 19.7 Å². The molecule has 2 aliphatic heterocycles. The quantitative estimate of drug-likeness (QED) is 0.810. The van der Waals surface area contributed by atoms with E-state index in [0.29, 0.717) is 26.1 Å². The molecule has 2 fully saturated rings. The summed E-state index contributed by atoms with van der Waals surface area (Å²) in [6.07, 6.45) is 3.19. The lowest BCUT2D eigenvalue weighted by Crippen LogP contribution is -2.37. The zero-order valence-corrected chi connectivity index (χ0v) is 14.7. The smallest absolute Gasteiger partial charge is 0.225 e. The largest absolute Gasteiger partial charge is 0.496 e. The van der Waals surface area contributed by atoms with Crippen molar-refractivity contribution in [2.75, 3.05) is 33.4 Å². The maximum atomic E-state index is 12.3. The molecule has 136 valence electrons. The average Bonchev–Trinajstić information content (AvgIpc) is 3.28. The number of benzene rings is 1. The number of hydrogen-bond donors (Lipinski definition) is 1. The first-order valence-corrected chi connectivity index (χ1v) is 8.96. The Morgan fingerprint density at radius 3 is 3.00 bits per heavy atom. The number of carbonyl (C=O) groups is 2. The molecule has 0 radical (unpaired) electrons. The van der Waals surface area contributed by atoms with Crippen LogP contribution in [0.1, 0.15) is 24.8 Å². The molecule has 2 heterocycles. The fourth-order valence-electron chi connectivity index (χ4n) is 3.49. The SMILES string of the molecule is COc1ccccc1CCN1CC(C(=O)NCC2CCCO2)CC1=O. The summed E-state index contributed by atoms with van der Waals surface area (Å²) >= 11 is 0. The Kier molecular flexibility index (Phi) is 5.91. The molecule has 0 aliphatic carbocycles. The van der Waals surface area contributed by atoms with Crippen molar-refractivity contribution >= 4 is 11.8 Å². The maximum absolute atomic E-state index is 12.3. The van der Waals surface area contributed by atoms with Crippen molar-refractivity contribution in [3.63, 3.8) is 0 Å². The van der Waals surface area contributed by atoms with Gasteiger partial charge in [0.1, 0.15) is 5.75 Å². The van der Waals surface area contributed by atoms with Crippen LogP contribution in [0.15, 0.2) is 24.3 Å². The molecule has 0 aromatic heterocycles. The van der Waals surface area contributed by atoms with Crippen molar-refractivity contribution < 1.29 is 19.1 Å². The van der Waals surface area contributed by atoms with Crippen LogP contribution in [0, 0.1) is 5.92 Å². The number of ether oxygens (including phenoxy) is 2. The van der Waals surface area contributed by atoms with Crippen molar-refractivity contribution in [1.82, 2.24) is 10.2 Å². The number of hydrogen-bond acceptors (Lipinski definition) is 4. The molecule has 2 saturated heterocycles. The van der Waals surface area contributed by atoms with Crippen molar-refractivity contribution in [1.29, 1.82) is 0 Å². The molecule has 0 spiro atoms. The van der Waals surface area contributed by atoms with Crippen molar-refractivity contribution in [3.8, 4) is 5.75 Å². The summed E-state index contributed by atoms with van der Waals surface area (Å²) in [5.74, 6) is 0.586. The Labute approximate surface area is 148 Å². The van der Waals surface area contributed by atoms with Gasteiger partial charge in [0.25, 0.3) is 0 Å². The molecule has 1 aromatic carbocycles. The van der Waals surface area contributed by atoms with E-state index in [2.05, 4.69) is 5.32 Å². The van der Waals surface area contributed by atoms with Crippen LogP contribution in [0.5, 0.6) is 5.75 Å². The molecule has 6 heteroatoms. The van der Waals surface area contributed by atoms with E-state index < -0.39 is 0 Å². The van der Waals surface area contributed by atoms with Crippen LogP contribution in [0.2, 0.25) is 0 Å². The van der Waals surface area contributed by atoms with Crippen molar-refractivity contribution in [2.24, 2.45) is 5.92 Å². The minimum atomic E-state index is -0.258. The minimum Gasteiger partial charge on any atom is -0.496 e. The number of amides is 2. The van der Waals surface area contributed by atoms with Crippen LogP contribution in [-0.2, 0) is 20.7 Å². The van der Waals surface area contributed by atoms with E-state index in [-0.39, 0.29) is 23.8 Å². The van der Waals surface area contributed by atoms with Gasteiger partial charge in [-0.2, -0.15) is 0 Å². The predicted octanol–water partition coefficient (Wildman–Crippen LogP) is 1.38. The zero-order chi connectivity index (χ0) is 17.6. The standard InChI is InChI=1S/C19H26N2O4/c1-24-17-7-3-2-5-14(17)8-9-21-13-15(11-18(21)22)19(23)20-12-16-6-4-10-25-16/h2-3,5,7,15-16H,4,6,8-13H2,1H3,(H,20,23). The molecule has 0 saturated carbocycles. The fourth-order valence-corrected chi connectivity index (χ4v) is 3.49. The van der Waals surface area contributed by atoms with Gasteiger partial charge in [0, 0.05) is 32.7 Å². The second-order valence-corrected chi connectivity index (χ2v) is 6.68. The summed E-state index contributed by atoms with van der Waals surface area (Å²) in [6.45, 7) is 2.42. The third-order valence-electron chi connectivity index (χ3n) is 4.96.